The molecule has 0 radical (unpaired) electrons. The van der Waals surface area contributed by atoms with Crippen LogP contribution in [0.15, 0.2) is 0 Å². The Morgan fingerprint density at radius 1 is 1.11 bits per heavy atom. The first-order valence-corrected chi connectivity index (χ1v) is 13.0. The molecule has 3 nitrogen and oxygen atoms in total. The predicted octanol–water partition coefficient (Wildman–Crippen LogP) is 4.28. The summed E-state index contributed by atoms with van der Waals surface area (Å²) in [7, 11) is -3.21. The lowest BCUT2D eigenvalue weighted by atomic mass is 10.4. The van der Waals surface area contributed by atoms with E-state index in [1.165, 1.54) is 18.9 Å². The smallest absolute Gasteiger partial charge is 0.397 e. The molecule has 1 N–H and O–H groups in total. The average Bonchev–Trinajstić information content (AvgIpc) is 2.20. The van der Waals surface area contributed by atoms with Gasteiger partial charge in [0.2, 0.25) is 0 Å². The van der Waals surface area contributed by atoms with Gasteiger partial charge in [0.25, 0.3) is 0 Å². The Labute approximate surface area is 113 Å². The summed E-state index contributed by atoms with van der Waals surface area (Å²) in [6.07, 6.45) is 1.81. The second-order valence-electron chi connectivity index (χ2n) is 6.03. The number of nitrogens with one attached hydrogen (secondary N) is 1. The lowest BCUT2D eigenvalue weighted by Gasteiger charge is -2.34. The van der Waals surface area contributed by atoms with Crippen LogP contribution >= 0.6 is 0 Å². The number of amides is 1. The Morgan fingerprint density at radius 2 is 1.61 bits per heavy atom. The Bertz CT molecular complexity index is 260. The third-order valence-corrected chi connectivity index (χ3v) is 10.4. The molecule has 0 spiro atoms. The van der Waals surface area contributed by atoms with E-state index in [0.717, 1.165) is 12.5 Å². The Kier molecular flexibility index (Phi) is 7.97. The van der Waals surface area contributed by atoms with Gasteiger partial charge < -0.3 is 9.43 Å². The van der Waals surface area contributed by atoms with Crippen molar-refractivity contribution in [1.82, 2.24) is 5.32 Å². The van der Waals surface area contributed by atoms with Gasteiger partial charge in [0.15, 0.2) is 16.6 Å². The summed E-state index contributed by atoms with van der Waals surface area (Å²) in [6.45, 7) is 11.6. The first kappa shape index (κ1) is 17.8. The van der Waals surface area contributed by atoms with Crippen molar-refractivity contribution in [1.29, 1.82) is 0 Å². The maximum atomic E-state index is 12.0. The van der Waals surface area contributed by atoms with E-state index in [1.807, 2.05) is 0 Å². The van der Waals surface area contributed by atoms with Gasteiger partial charge in [-0.2, -0.15) is 0 Å². The third-order valence-electron chi connectivity index (χ3n) is 2.90. The van der Waals surface area contributed by atoms with Crippen molar-refractivity contribution in [3.05, 3.63) is 0 Å². The van der Waals surface area contributed by atoms with E-state index in [4.69, 9.17) is 4.12 Å². The van der Waals surface area contributed by atoms with Crippen molar-refractivity contribution in [2.75, 3.05) is 6.54 Å². The van der Waals surface area contributed by atoms with Gasteiger partial charge in [0.1, 0.15) is 0 Å². The lowest BCUT2D eigenvalue weighted by Crippen LogP contribution is -2.44. The number of hydrogen-bond donors (Lipinski definition) is 1. The molecule has 0 saturated heterocycles. The largest absolute Gasteiger partial charge is 0.455 e. The minimum Gasteiger partial charge on any atom is -0.455 e. The SMILES string of the molecule is CCCC[Si](C)(C)O[Si](C)(C)CCCNC(=O)F. The highest BCUT2D eigenvalue weighted by atomic mass is 28.4. The highest BCUT2D eigenvalue weighted by Crippen LogP contribution is 2.23. The van der Waals surface area contributed by atoms with Crippen molar-refractivity contribution in [2.24, 2.45) is 0 Å². The van der Waals surface area contributed by atoms with Crippen LogP contribution in [-0.2, 0) is 4.12 Å². The van der Waals surface area contributed by atoms with Crippen molar-refractivity contribution in [3.8, 4) is 0 Å². The number of carbonyl (C=O) groups excluding carboxylic acids is 1. The van der Waals surface area contributed by atoms with Gasteiger partial charge in [0.05, 0.1) is 0 Å². The van der Waals surface area contributed by atoms with E-state index in [0.29, 0.717) is 6.54 Å². The number of unbranched alkanes of at least 4 members (excludes halogenated alkanes) is 1. The van der Waals surface area contributed by atoms with E-state index < -0.39 is 22.8 Å². The zero-order chi connectivity index (χ0) is 14.2. The zero-order valence-corrected chi connectivity index (χ0v) is 14.4. The fourth-order valence-corrected chi connectivity index (χ4v) is 11.2. The van der Waals surface area contributed by atoms with Crippen LogP contribution in [0.4, 0.5) is 9.18 Å². The molecular formula is C12H28FNO2Si2. The molecule has 0 atom stereocenters. The summed E-state index contributed by atoms with van der Waals surface area (Å²) in [5.41, 5.74) is 0. The first-order valence-electron chi connectivity index (χ1n) is 6.82. The Balaban J connectivity index is 4.00. The second-order valence-corrected chi connectivity index (χ2v) is 14.9. The first-order chi connectivity index (χ1) is 8.18. The van der Waals surface area contributed by atoms with Gasteiger partial charge in [-0.3, -0.25) is 0 Å². The van der Waals surface area contributed by atoms with Crippen molar-refractivity contribution in [3.63, 3.8) is 0 Å². The van der Waals surface area contributed by atoms with Gasteiger partial charge in [0, 0.05) is 6.54 Å². The molecule has 108 valence electrons. The maximum Gasteiger partial charge on any atom is 0.397 e. The highest BCUT2D eigenvalue weighted by Gasteiger charge is 2.31. The molecule has 0 unspecified atom stereocenters. The molecule has 0 aliphatic carbocycles. The summed E-state index contributed by atoms with van der Waals surface area (Å²) < 4.78 is 18.4. The Morgan fingerprint density at radius 3 is 2.06 bits per heavy atom. The Hall–Kier alpha value is -0.206. The topological polar surface area (TPSA) is 38.3 Å². The molecule has 0 saturated carbocycles. The lowest BCUT2D eigenvalue weighted by molar-refractivity contribution is 0.221. The van der Waals surface area contributed by atoms with E-state index in [-0.39, 0.29) is 0 Å². The molecule has 6 heteroatoms. The van der Waals surface area contributed by atoms with Crippen LogP contribution in [0.5, 0.6) is 0 Å². The number of carbonyl (C=O) groups is 1. The summed E-state index contributed by atoms with van der Waals surface area (Å²) >= 11 is 0. The average molecular weight is 294 g/mol. The van der Waals surface area contributed by atoms with Crippen molar-refractivity contribution in [2.45, 2.75) is 64.5 Å². The summed E-state index contributed by atoms with van der Waals surface area (Å²) in [4.78, 5) is 10.1. The fraction of sp³-hybridized carbons (Fsp3) is 0.917. The second kappa shape index (κ2) is 8.06. The van der Waals surface area contributed by atoms with E-state index in [2.05, 4.69) is 38.4 Å². The normalized spacial score (nSPS) is 12.6. The molecule has 0 aliphatic rings. The van der Waals surface area contributed by atoms with E-state index in [9.17, 15) is 9.18 Å². The molecular weight excluding hydrogens is 265 g/mol. The minimum absolute atomic E-state index is 0.409. The molecule has 1 amide bonds. The van der Waals surface area contributed by atoms with Crippen LogP contribution < -0.4 is 5.32 Å². The van der Waals surface area contributed by atoms with Crippen LogP contribution in [0.3, 0.4) is 0 Å². The minimum atomic E-state index is -1.67. The zero-order valence-electron chi connectivity index (χ0n) is 12.4. The molecule has 0 aromatic rings. The number of rotatable bonds is 9. The van der Waals surface area contributed by atoms with Gasteiger partial charge in [-0.05, 0) is 44.7 Å². The molecule has 18 heavy (non-hydrogen) atoms. The molecule has 0 aliphatic heterocycles. The molecule has 0 aromatic carbocycles. The summed E-state index contributed by atoms with van der Waals surface area (Å²) in [5.74, 6) is 0. The van der Waals surface area contributed by atoms with Crippen LogP contribution in [-0.4, -0.2) is 29.3 Å². The van der Waals surface area contributed by atoms with Crippen LogP contribution in [0.1, 0.15) is 26.2 Å². The van der Waals surface area contributed by atoms with Gasteiger partial charge in [-0.25, -0.2) is 4.79 Å². The van der Waals surface area contributed by atoms with Gasteiger partial charge in [-0.15, -0.1) is 4.39 Å². The van der Waals surface area contributed by atoms with Crippen LogP contribution in [0.25, 0.3) is 0 Å². The fourth-order valence-electron chi connectivity index (χ4n) is 2.15. The van der Waals surface area contributed by atoms with Crippen LogP contribution in [0.2, 0.25) is 38.3 Å². The third kappa shape index (κ3) is 9.79. The summed E-state index contributed by atoms with van der Waals surface area (Å²) in [5, 5.41) is 2.19. The monoisotopic (exact) mass is 293 g/mol. The summed E-state index contributed by atoms with van der Waals surface area (Å²) in [6, 6.07) is 2.18. The van der Waals surface area contributed by atoms with Crippen LogP contribution in [0, 0.1) is 0 Å². The maximum absolute atomic E-state index is 12.0. The van der Waals surface area contributed by atoms with Crippen molar-refractivity contribution < 1.29 is 13.3 Å². The predicted molar refractivity (Wildman–Crippen MR) is 79.7 cm³/mol. The quantitative estimate of drug-likeness (QED) is 0.298. The number of hydrogen-bond acceptors (Lipinski definition) is 2. The van der Waals surface area contributed by atoms with E-state index >= 15 is 0 Å². The van der Waals surface area contributed by atoms with Gasteiger partial charge in [-0.1, -0.05) is 19.8 Å². The number of halogens is 1. The highest BCUT2D eigenvalue weighted by molar-refractivity contribution is 6.84. The molecule has 0 rings (SSSR count). The van der Waals surface area contributed by atoms with E-state index in [1.54, 1.807) is 0 Å². The molecule has 0 bridgehead atoms. The molecule has 0 aromatic heterocycles. The molecule has 0 heterocycles. The molecule has 0 fully saturated rings. The standard InChI is InChI=1S/C12H28FNO2Si2/c1-6-7-10-17(2,3)16-18(4,5)11-8-9-14-12(13)15/h6-11H2,1-5H3,(H,14,15). The van der Waals surface area contributed by atoms with Gasteiger partial charge >= 0.3 is 6.16 Å². The van der Waals surface area contributed by atoms with Crippen molar-refractivity contribution >= 4 is 22.8 Å².